The van der Waals surface area contributed by atoms with Crippen LogP contribution in [0.25, 0.3) is 0 Å². The zero-order chi connectivity index (χ0) is 10.7. The maximum Gasteiger partial charge on any atom is 0.306 e. The van der Waals surface area contributed by atoms with Crippen LogP contribution in [0.4, 0.5) is 5.82 Å². The van der Waals surface area contributed by atoms with Crippen molar-refractivity contribution in [3.63, 3.8) is 0 Å². The first-order chi connectivity index (χ1) is 7.27. The fraction of sp³-hybridized carbons (Fsp3) is 0.455. The third kappa shape index (κ3) is 2.26. The first-order valence-electron chi connectivity index (χ1n) is 5.16. The summed E-state index contributed by atoms with van der Waals surface area (Å²) in [5.74, 6) is 0.0990. The third-order valence-corrected chi connectivity index (χ3v) is 2.82. The monoisotopic (exact) mass is 206 g/mol. The van der Waals surface area contributed by atoms with Crippen molar-refractivity contribution in [2.75, 3.05) is 18.0 Å². The number of carboxylic acids is 1. The molecule has 2 heterocycles. The van der Waals surface area contributed by atoms with Gasteiger partial charge in [0.2, 0.25) is 0 Å². The molecule has 4 heteroatoms. The lowest BCUT2D eigenvalue weighted by atomic mass is 9.97. The number of piperidine rings is 1. The van der Waals surface area contributed by atoms with Crippen LogP contribution in [0.5, 0.6) is 0 Å². The molecule has 4 nitrogen and oxygen atoms in total. The predicted octanol–water partition coefficient (Wildman–Crippen LogP) is 1.38. The number of nitrogens with zero attached hydrogens (tertiary/aromatic N) is 2. The molecule has 0 atom stereocenters. The molecule has 1 fully saturated rings. The highest BCUT2D eigenvalue weighted by molar-refractivity contribution is 5.70. The molecule has 0 amide bonds. The van der Waals surface area contributed by atoms with Crippen molar-refractivity contribution in [1.29, 1.82) is 0 Å². The molecule has 15 heavy (non-hydrogen) atoms. The molecule has 0 aromatic carbocycles. The molecule has 0 radical (unpaired) electrons. The van der Waals surface area contributed by atoms with Gasteiger partial charge in [0.05, 0.1) is 5.92 Å². The Hall–Kier alpha value is -1.58. The van der Waals surface area contributed by atoms with Crippen molar-refractivity contribution >= 4 is 11.8 Å². The largest absolute Gasteiger partial charge is 0.481 e. The highest BCUT2D eigenvalue weighted by atomic mass is 16.4. The van der Waals surface area contributed by atoms with E-state index in [1.807, 2.05) is 18.2 Å². The van der Waals surface area contributed by atoms with E-state index in [0.717, 1.165) is 18.9 Å². The van der Waals surface area contributed by atoms with Crippen molar-refractivity contribution in [1.82, 2.24) is 4.98 Å². The van der Waals surface area contributed by atoms with Gasteiger partial charge in [0.25, 0.3) is 0 Å². The summed E-state index contributed by atoms with van der Waals surface area (Å²) in [5, 5.41) is 8.86. The van der Waals surface area contributed by atoms with E-state index in [9.17, 15) is 4.79 Å². The number of hydrogen-bond donors (Lipinski definition) is 1. The fourth-order valence-corrected chi connectivity index (χ4v) is 1.90. The maximum absolute atomic E-state index is 10.8. The highest BCUT2D eigenvalue weighted by Gasteiger charge is 2.24. The lowest BCUT2D eigenvalue weighted by molar-refractivity contribution is -0.142. The molecule has 1 aromatic rings. The van der Waals surface area contributed by atoms with E-state index < -0.39 is 5.97 Å². The molecular formula is C11H14N2O2. The summed E-state index contributed by atoms with van der Waals surface area (Å²) < 4.78 is 0. The van der Waals surface area contributed by atoms with Gasteiger partial charge in [-0.25, -0.2) is 4.98 Å². The van der Waals surface area contributed by atoms with Crippen molar-refractivity contribution < 1.29 is 9.90 Å². The summed E-state index contributed by atoms with van der Waals surface area (Å²) in [5.41, 5.74) is 0. The van der Waals surface area contributed by atoms with Crippen molar-refractivity contribution in [3.8, 4) is 0 Å². The Morgan fingerprint density at radius 2 is 2.13 bits per heavy atom. The third-order valence-electron chi connectivity index (χ3n) is 2.82. The summed E-state index contributed by atoms with van der Waals surface area (Å²) in [6, 6.07) is 5.79. The Kier molecular flexibility index (Phi) is 2.85. The van der Waals surface area contributed by atoms with Crippen LogP contribution in [0.15, 0.2) is 24.4 Å². The molecule has 1 N–H and O–H groups in total. The Labute approximate surface area is 88.6 Å². The van der Waals surface area contributed by atoms with Crippen LogP contribution in [0.3, 0.4) is 0 Å². The lowest BCUT2D eigenvalue weighted by Crippen LogP contribution is -2.36. The van der Waals surface area contributed by atoms with E-state index in [0.29, 0.717) is 12.8 Å². The molecule has 0 saturated carbocycles. The van der Waals surface area contributed by atoms with Gasteiger partial charge in [-0.3, -0.25) is 4.79 Å². The average Bonchev–Trinajstić information content (AvgIpc) is 2.30. The normalized spacial score (nSPS) is 17.7. The SMILES string of the molecule is O=C(O)C1CCN(c2ccccn2)CC1. The zero-order valence-electron chi connectivity index (χ0n) is 8.47. The summed E-state index contributed by atoms with van der Waals surface area (Å²) >= 11 is 0. The Balaban J connectivity index is 1.97. The molecule has 0 unspecified atom stereocenters. The molecule has 0 spiro atoms. The van der Waals surface area contributed by atoms with Crippen molar-refractivity contribution in [2.24, 2.45) is 5.92 Å². The quantitative estimate of drug-likeness (QED) is 0.794. The number of carbonyl (C=O) groups is 1. The topological polar surface area (TPSA) is 53.4 Å². The number of rotatable bonds is 2. The van der Waals surface area contributed by atoms with Gasteiger partial charge in [-0.05, 0) is 25.0 Å². The lowest BCUT2D eigenvalue weighted by Gasteiger charge is -2.30. The number of aliphatic carboxylic acids is 1. The Bertz CT molecular complexity index is 332. The van der Waals surface area contributed by atoms with Gasteiger partial charge in [-0.1, -0.05) is 6.07 Å². The second-order valence-corrected chi connectivity index (χ2v) is 3.79. The number of pyridine rings is 1. The fourth-order valence-electron chi connectivity index (χ4n) is 1.90. The maximum atomic E-state index is 10.8. The van der Waals surface area contributed by atoms with Gasteiger partial charge in [-0.15, -0.1) is 0 Å². The van der Waals surface area contributed by atoms with Crippen LogP contribution in [0.1, 0.15) is 12.8 Å². The van der Waals surface area contributed by atoms with Gasteiger partial charge in [0.1, 0.15) is 5.82 Å². The predicted molar refractivity (Wildman–Crippen MR) is 56.8 cm³/mol. The number of anilines is 1. The summed E-state index contributed by atoms with van der Waals surface area (Å²) in [6.45, 7) is 1.57. The minimum atomic E-state index is -0.671. The minimum Gasteiger partial charge on any atom is -0.481 e. The molecule has 1 saturated heterocycles. The van der Waals surface area contributed by atoms with E-state index in [1.165, 1.54) is 0 Å². The average molecular weight is 206 g/mol. The van der Waals surface area contributed by atoms with Crippen molar-refractivity contribution in [2.45, 2.75) is 12.8 Å². The second-order valence-electron chi connectivity index (χ2n) is 3.79. The highest BCUT2D eigenvalue weighted by Crippen LogP contribution is 2.21. The smallest absolute Gasteiger partial charge is 0.306 e. The van der Waals surface area contributed by atoms with Gasteiger partial charge in [0, 0.05) is 19.3 Å². The molecule has 0 aliphatic carbocycles. The standard InChI is InChI=1S/C11H14N2O2/c14-11(15)9-4-7-13(8-5-9)10-3-1-2-6-12-10/h1-3,6,9H,4-5,7-8H2,(H,14,15). The molecule has 2 rings (SSSR count). The van der Waals surface area contributed by atoms with Crippen LogP contribution in [-0.2, 0) is 4.79 Å². The van der Waals surface area contributed by atoms with Crippen LogP contribution in [-0.4, -0.2) is 29.1 Å². The number of aromatic nitrogens is 1. The zero-order valence-corrected chi connectivity index (χ0v) is 8.47. The first-order valence-corrected chi connectivity index (χ1v) is 5.16. The van der Waals surface area contributed by atoms with E-state index >= 15 is 0 Å². The van der Waals surface area contributed by atoms with Crippen LogP contribution in [0, 0.1) is 5.92 Å². The summed E-state index contributed by atoms with van der Waals surface area (Å²) in [4.78, 5) is 17.2. The summed E-state index contributed by atoms with van der Waals surface area (Å²) in [7, 11) is 0. The van der Waals surface area contributed by atoms with E-state index in [4.69, 9.17) is 5.11 Å². The Morgan fingerprint density at radius 1 is 1.40 bits per heavy atom. The van der Waals surface area contributed by atoms with Crippen molar-refractivity contribution in [3.05, 3.63) is 24.4 Å². The number of hydrogen-bond acceptors (Lipinski definition) is 3. The molecule has 80 valence electrons. The number of carboxylic acid groups (broad SMARTS) is 1. The van der Waals surface area contributed by atoms with Crippen LogP contribution >= 0.6 is 0 Å². The van der Waals surface area contributed by atoms with E-state index in [-0.39, 0.29) is 5.92 Å². The van der Waals surface area contributed by atoms with Crippen LogP contribution < -0.4 is 4.90 Å². The van der Waals surface area contributed by atoms with Gasteiger partial charge < -0.3 is 10.0 Å². The van der Waals surface area contributed by atoms with E-state index in [2.05, 4.69) is 9.88 Å². The summed E-state index contributed by atoms with van der Waals surface area (Å²) in [6.07, 6.45) is 3.19. The van der Waals surface area contributed by atoms with Gasteiger partial charge >= 0.3 is 5.97 Å². The minimum absolute atomic E-state index is 0.176. The molecule has 1 aliphatic rings. The Morgan fingerprint density at radius 3 is 2.67 bits per heavy atom. The molecule has 0 bridgehead atoms. The van der Waals surface area contributed by atoms with Crippen LogP contribution in [0.2, 0.25) is 0 Å². The molecule has 1 aromatic heterocycles. The van der Waals surface area contributed by atoms with Gasteiger partial charge in [-0.2, -0.15) is 0 Å². The van der Waals surface area contributed by atoms with Gasteiger partial charge in [0.15, 0.2) is 0 Å². The van der Waals surface area contributed by atoms with E-state index in [1.54, 1.807) is 6.20 Å². The second kappa shape index (κ2) is 4.29. The first kappa shape index (κ1) is 9.96. The molecular weight excluding hydrogens is 192 g/mol. The molecule has 1 aliphatic heterocycles.